The highest BCUT2D eigenvalue weighted by molar-refractivity contribution is 6.02. The number of benzene rings is 2. The lowest BCUT2D eigenvalue weighted by molar-refractivity contribution is -0.111. The summed E-state index contributed by atoms with van der Waals surface area (Å²) in [5, 5.41) is 11.2. The molecule has 1 aliphatic rings. The Morgan fingerprint density at radius 1 is 1.03 bits per heavy atom. The van der Waals surface area contributed by atoms with Crippen molar-refractivity contribution in [3.63, 3.8) is 0 Å². The van der Waals surface area contributed by atoms with Crippen LogP contribution in [0.25, 0.3) is 17.5 Å². The van der Waals surface area contributed by atoms with E-state index in [4.69, 9.17) is 14.2 Å². The molecule has 3 aromatic rings. The zero-order chi connectivity index (χ0) is 24.1. The van der Waals surface area contributed by atoms with Crippen molar-refractivity contribution in [1.82, 2.24) is 14.8 Å². The van der Waals surface area contributed by atoms with Crippen LogP contribution in [0.4, 0.5) is 10.1 Å². The fourth-order valence-corrected chi connectivity index (χ4v) is 4.01. The molecule has 0 bridgehead atoms. The molecule has 9 heteroatoms. The summed E-state index contributed by atoms with van der Waals surface area (Å²) in [5.41, 5.74) is 1.46. The Morgan fingerprint density at radius 2 is 1.79 bits per heavy atom. The zero-order valence-electron chi connectivity index (χ0n) is 19.4. The number of amides is 1. The van der Waals surface area contributed by atoms with Gasteiger partial charge in [0.15, 0.2) is 17.3 Å². The Bertz CT molecular complexity index is 1200. The molecular formula is C25H27FN4O4. The number of rotatable bonds is 7. The molecule has 0 unspecified atom stereocenters. The second-order valence-electron chi connectivity index (χ2n) is 7.88. The third kappa shape index (κ3) is 4.88. The van der Waals surface area contributed by atoms with Crippen molar-refractivity contribution in [2.45, 2.75) is 32.2 Å². The number of methoxy groups -OCH3 is 3. The van der Waals surface area contributed by atoms with Crippen LogP contribution in [0.2, 0.25) is 0 Å². The van der Waals surface area contributed by atoms with Gasteiger partial charge in [-0.1, -0.05) is 6.42 Å². The fourth-order valence-electron chi connectivity index (χ4n) is 4.01. The molecular weight excluding hydrogens is 439 g/mol. The first kappa shape index (κ1) is 23.3. The lowest BCUT2D eigenvalue weighted by Gasteiger charge is -2.12. The molecule has 0 radical (unpaired) electrons. The van der Waals surface area contributed by atoms with Crippen LogP contribution < -0.4 is 19.5 Å². The summed E-state index contributed by atoms with van der Waals surface area (Å²) in [7, 11) is 4.58. The van der Waals surface area contributed by atoms with Gasteiger partial charge in [0.05, 0.1) is 26.9 Å². The largest absolute Gasteiger partial charge is 0.493 e. The van der Waals surface area contributed by atoms with E-state index in [1.807, 2.05) is 4.57 Å². The van der Waals surface area contributed by atoms with Crippen molar-refractivity contribution >= 4 is 17.7 Å². The van der Waals surface area contributed by atoms with E-state index in [9.17, 15) is 9.18 Å². The van der Waals surface area contributed by atoms with Gasteiger partial charge in [0.1, 0.15) is 11.6 Å². The normalized spacial score (nSPS) is 13.3. The summed E-state index contributed by atoms with van der Waals surface area (Å²) in [5.74, 6) is 2.01. The molecule has 4 rings (SSSR count). The molecule has 0 atom stereocenters. The van der Waals surface area contributed by atoms with Gasteiger partial charge >= 0.3 is 0 Å². The number of aryl methyl sites for hydroxylation is 1. The highest BCUT2D eigenvalue weighted by atomic mass is 19.1. The Morgan fingerprint density at radius 3 is 2.50 bits per heavy atom. The Labute approximate surface area is 197 Å². The van der Waals surface area contributed by atoms with Gasteiger partial charge in [-0.2, -0.15) is 0 Å². The Hall–Kier alpha value is -3.88. The van der Waals surface area contributed by atoms with Gasteiger partial charge in [-0.3, -0.25) is 4.79 Å². The number of carbonyl (C=O) groups excluding carboxylic acids is 1. The molecule has 0 fully saturated rings. The van der Waals surface area contributed by atoms with Crippen LogP contribution in [0.3, 0.4) is 0 Å². The fraction of sp³-hybridized carbons (Fsp3) is 0.320. The summed E-state index contributed by atoms with van der Waals surface area (Å²) in [6.07, 6.45) is 7.00. The van der Waals surface area contributed by atoms with Gasteiger partial charge in [0.2, 0.25) is 11.7 Å². The van der Waals surface area contributed by atoms with Gasteiger partial charge in [-0.15, -0.1) is 10.2 Å². The van der Waals surface area contributed by atoms with Crippen molar-refractivity contribution < 1.29 is 23.4 Å². The standard InChI is InChI=1S/C25H27FN4O4/c1-32-20-13-16(14-21(33-2)24(20)34-3)8-11-23(31)27-17-9-10-19(26)18(15-17)25-29-28-22-7-5-4-6-12-30(22)25/h8-11,13-15H,4-7,12H2,1-3H3,(H,27,31)/b11-8+. The van der Waals surface area contributed by atoms with Crippen molar-refractivity contribution in [3.05, 3.63) is 53.6 Å². The smallest absolute Gasteiger partial charge is 0.248 e. The molecule has 0 spiro atoms. The van der Waals surface area contributed by atoms with Gasteiger partial charge in [-0.05, 0) is 54.8 Å². The predicted octanol–water partition coefficient (Wildman–Crippen LogP) is 4.49. The number of carbonyl (C=O) groups is 1. The minimum absolute atomic E-state index is 0.312. The molecule has 1 aromatic heterocycles. The summed E-state index contributed by atoms with van der Waals surface area (Å²) in [6, 6.07) is 7.90. The third-order valence-corrected chi connectivity index (χ3v) is 5.70. The molecule has 34 heavy (non-hydrogen) atoms. The van der Waals surface area contributed by atoms with Crippen molar-refractivity contribution in [3.8, 4) is 28.6 Å². The molecule has 2 heterocycles. The van der Waals surface area contributed by atoms with E-state index in [2.05, 4.69) is 15.5 Å². The number of halogens is 1. The number of fused-ring (bicyclic) bond motifs is 1. The van der Waals surface area contributed by atoms with Gasteiger partial charge in [0, 0.05) is 24.7 Å². The van der Waals surface area contributed by atoms with E-state index >= 15 is 0 Å². The average Bonchev–Trinajstić information content (AvgIpc) is 3.10. The summed E-state index contributed by atoms with van der Waals surface area (Å²) in [4.78, 5) is 12.6. The number of anilines is 1. The molecule has 178 valence electrons. The number of ether oxygens (including phenoxy) is 3. The summed E-state index contributed by atoms with van der Waals surface area (Å²) in [6.45, 7) is 0.755. The number of nitrogens with zero attached hydrogens (tertiary/aromatic N) is 3. The average molecular weight is 467 g/mol. The highest BCUT2D eigenvalue weighted by Gasteiger charge is 2.19. The number of hydrogen-bond donors (Lipinski definition) is 1. The molecule has 1 amide bonds. The van der Waals surface area contributed by atoms with Crippen molar-refractivity contribution in [1.29, 1.82) is 0 Å². The Kier molecular flexibility index (Phi) is 7.10. The van der Waals surface area contributed by atoms with Crippen LogP contribution in [0.5, 0.6) is 17.2 Å². The van der Waals surface area contributed by atoms with Crippen LogP contribution in [-0.4, -0.2) is 42.0 Å². The summed E-state index contributed by atoms with van der Waals surface area (Å²) < 4.78 is 32.6. The second kappa shape index (κ2) is 10.4. The molecule has 0 saturated heterocycles. The molecule has 1 aliphatic heterocycles. The summed E-state index contributed by atoms with van der Waals surface area (Å²) >= 11 is 0. The van der Waals surface area contributed by atoms with Crippen LogP contribution in [0.15, 0.2) is 36.4 Å². The van der Waals surface area contributed by atoms with Crippen LogP contribution in [0, 0.1) is 5.82 Å². The number of hydrogen-bond acceptors (Lipinski definition) is 6. The monoisotopic (exact) mass is 466 g/mol. The Balaban J connectivity index is 1.54. The number of nitrogens with one attached hydrogen (secondary N) is 1. The molecule has 0 saturated carbocycles. The lowest BCUT2D eigenvalue weighted by Crippen LogP contribution is -2.09. The molecule has 2 aromatic carbocycles. The highest BCUT2D eigenvalue weighted by Crippen LogP contribution is 2.38. The maximum Gasteiger partial charge on any atom is 0.248 e. The molecule has 1 N–H and O–H groups in total. The van der Waals surface area contributed by atoms with E-state index in [-0.39, 0.29) is 5.91 Å². The topological polar surface area (TPSA) is 87.5 Å². The van der Waals surface area contributed by atoms with E-state index in [0.29, 0.717) is 39.9 Å². The zero-order valence-corrected chi connectivity index (χ0v) is 19.4. The minimum atomic E-state index is -0.412. The van der Waals surface area contributed by atoms with Crippen molar-refractivity contribution in [2.24, 2.45) is 0 Å². The van der Waals surface area contributed by atoms with Gasteiger partial charge in [-0.25, -0.2) is 4.39 Å². The number of aromatic nitrogens is 3. The van der Waals surface area contributed by atoms with E-state index < -0.39 is 5.82 Å². The van der Waals surface area contributed by atoms with Crippen LogP contribution >= 0.6 is 0 Å². The first-order valence-corrected chi connectivity index (χ1v) is 11.0. The third-order valence-electron chi connectivity index (χ3n) is 5.70. The van der Waals surface area contributed by atoms with E-state index in [1.165, 1.54) is 39.5 Å². The van der Waals surface area contributed by atoms with Gasteiger partial charge in [0.25, 0.3) is 0 Å². The minimum Gasteiger partial charge on any atom is -0.493 e. The quantitative estimate of drug-likeness (QED) is 0.517. The first-order chi connectivity index (χ1) is 16.5. The second-order valence-corrected chi connectivity index (χ2v) is 7.88. The SMILES string of the molecule is COc1cc(/C=C/C(=O)Nc2ccc(F)c(-c3nnc4n3CCCCC4)c2)cc(OC)c1OC. The van der Waals surface area contributed by atoms with Crippen LogP contribution in [-0.2, 0) is 17.8 Å². The van der Waals surface area contributed by atoms with Crippen LogP contribution in [0.1, 0.15) is 30.7 Å². The van der Waals surface area contributed by atoms with Gasteiger partial charge < -0.3 is 24.1 Å². The van der Waals surface area contributed by atoms with E-state index in [0.717, 1.165) is 38.1 Å². The first-order valence-electron chi connectivity index (χ1n) is 11.0. The maximum atomic E-state index is 14.7. The predicted molar refractivity (Wildman–Crippen MR) is 127 cm³/mol. The lowest BCUT2D eigenvalue weighted by atomic mass is 10.1. The molecule has 8 nitrogen and oxygen atoms in total. The maximum absolute atomic E-state index is 14.7. The van der Waals surface area contributed by atoms with Crippen molar-refractivity contribution in [2.75, 3.05) is 26.6 Å². The molecule has 0 aliphatic carbocycles. The van der Waals surface area contributed by atoms with E-state index in [1.54, 1.807) is 24.3 Å².